The minimum Gasteiger partial charge on any atom is -0.494 e. The van der Waals surface area contributed by atoms with Gasteiger partial charge in [0.05, 0.1) is 18.1 Å². The lowest BCUT2D eigenvalue weighted by atomic mass is 10.2. The highest BCUT2D eigenvalue weighted by Gasteiger charge is 2.15. The van der Waals surface area contributed by atoms with Gasteiger partial charge in [-0.15, -0.1) is 11.6 Å². The number of alkyl halides is 1. The van der Waals surface area contributed by atoms with Crippen molar-refractivity contribution in [2.45, 2.75) is 26.8 Å². The number of benzene rings is 1. The highest BCUT2D eigenvalue weighted by Crippen LogP contribution is 2.26. The van der Waals surface area contributed by atoms with E-state index in [0.29, 0.717) is 23.7 Å². The largest absolute Gasteiger partial charge is 0.494 e. The first-order valence-corrected chi connectivity index (χ1v) is 6.88. The van der Waals surface area contributed by atoms with Crippen LogP contribution in [0.3, 0.4) is 0 Å². The molecule has 0 aliphatic carbocycles. The van der Waals surface area contributed by atoms with Crippen LogP contribution in [-0.4, -0.2) is 22.5 Å². The first-order chi connectivity index (χ1) is 9.06. The number of rotatable bonds is 5. The minimum absolute atomic E-state index is 0.245. The predicted octanol–water partition coefficient (Wildman–Crippen LogP) is 3.62. The molecular weight excluding hydrogens is 267 g/mol. The van der Waals surface area contributed by atoms with Crippen molar-refractivity contribution >= 4 is 22.6 Å². The van der Waals surface area contributed by atoms with E-state index < -0.39 is 0 Å². The monoisotopic (exact) mass is 284 g/mol. The standard InChI is InChI=1S/C14H18ClFN2O/c1-9(2)8-18-12-7-13(19-3)10(16)6-11(12)17-14(18)4-5-15/h6-7,9H,4-5,8H2,1-3H3. The number of hydrogen-bond acceptors (Lipinski definition) is 2. The molecule has 0 amide bonds. The molecule has 3 nitrogen and oxygen atoms in total. The zero-order valence-corrected chi connectivity index (χ0v) is 12.2. The molecule has 0 atom stereocenters. The lowest BCUT2D eigenvalue weighted by molar-refractivity contribution is 0.387. The van der Waals surface area contributed by atoms with E-state index in [4.69, 9.17) is 16.3 Å². The number of ether oxygens (including phenoxy) is 1. The zero-order chi connectivity index (χ0) is 14.0. The van der Waals surface area contributed by atoms with E-state index in [1.54, 1.807) is 6.07 Å². The SMILES string of the molecule is COc1cc2c(cc1F)nc(CCCl)n2CC(C)C. The molecule has 0 aliphatic heterocycles. The quantitative estimate of drug-likeness (QED) is 0.784. The number of hydrogen-bond donors (Lipinski definition) is 0. The van der Waals surface area contributed by atoms with E-state index >= 15 is 0 Å². The zero-order valence-electron chi connectivity index (χ0n) is 11.4. The van der Waals surface area contributed by atoms with Crippen molar-refractivity contribution in [3.63, 3.8) is 0 Å². The van der Waals surface area contributed by atoms with Crippen LogP contribution in [0.4, 0.5) is 4.39 Å². The number of nitrogens with zero attached hydrogens (tertiary/aromatic N) is 2. The van der Waals surface area contributed by atoms with Crippen LogP contribution < -0.4 is 4.74 Å². The first-order valence-electron chi connectivity index (χ1n) is 6.35. The van der Waals surface area contributed by atoms with Gasteiger partial charge in [0.2, 0.25) is 0 Å². The van der Waals surface area contributed by atoms with Crippen molar-refractivity contribution < 1.29 is 9.13 Å². The Morgan fingerprint density at radius 2 is 2.16 bits per heavy atom. The van der Waals surface area contributed by atoms with Crippen molar-refractivity contribution in [1.29, 1.82) is 0 Å². The molecule has 104 valence electrons. The molecule has 19 heavy (non-hydrogen) atoms. The maximum absolute atomic E-state index is 13.7. The van der Waals surface area contributed by atoms with Crippen LogP contribution in [0.15, 0.2) is 12.1 Å². The number of imidazole rings is 1. The highest BCUT2D eigenvalue weighted by atomic mass is 35.5. The summed E-state index contributed by atoms with van der Waals surface area (Å²) in [6.45, 7) is 5.10. The molecule has 1 aromatic carbocycles. The molecule has 2 aromatic rings. The molecule has 5 heteroatoms. The average molecular weight is 285 g/mol. The van der Waals surface area contributed by atoms with Crippen molar-refractivity contribution in [2.24, 2.45) is 5.92 Å². The maximum atomic E-state index is 13.7. The molecule has 0 saturated heterocycles. The maximum Gasteiger partial charge on any atom is 0.167 e. The fourth-order valence-electron chi connectivity index (χ4n) is 2.18. The average Bonchev–Trinajstić information content (AvgIpc) is 2.65. The van der Waals surface area contributed by atoms with Crippen LogP contribution in [0.1, 0.15) is 19.7 Å². The smallest absolute Gasteiger partial charge is 0.167 e. The summed E-state index contributed by atoms with van der Waals surface area (Å²) in [5.74, 6) is 1.73. The van der Waals surface area contributed by atoms with Crippen molar-refractivity contribution in [2.75, 3.05) is 13.0 Å². The van der Waals surface area contributed by atoms with Crippen LogP contribution in [0, 0.1) is 11.7 Å². The predicted molar refractivity (Wildman–Crippen MR) is 75.5 cm³/mol. The van der Waals surface area contributed by atoms with Crippen molar-refractivity contribution in [3.05, 3.63) is 23.8 Å². The molecule has 0 aliphatic rings. The first kappa shape index (κ1) is 14.1. The van der Waals surface area contributed by atoms with Gasteiger partial charge in [-0.25, -0.2) is 9.37 Å². The Balaban J connectivity index is 2.61. The Labute approximate surface area is 117 Å². The third kappa shape index (κ3) is 2.84. The van der Waals surface area contributed by atoms with Crippen LogP contribution in [0.5, 0.6) is 5.75 Å². The molecule has 0 bridgehead atoms. The summed E-state index contributed by atoms with van der Waals surface area (Å²) in [6.07, 6.45) is 0.674. The van der Waals surface area contributed by atoms with E-state index in [9.17, 15) is 4.39 Å². The van der Waals surface area contributed by atoms with Gasteiger partial charge in [0, 0.05) is 31.0 Å². The summed E-state index contributed by atoms with van der Waals surface area (Å²) < 4.78 is 20.9. The summed E-state index contributed by atoms with van der Waals surface area (Å²) in [5, 5.41) is 0. The highest BCUT2D eigenvalue weighted by molar-refractivity contribution is 6.17. The van der Waals surface area contributed by atoms with Gasteiger partial charge in [-0.1, -0.05) is 13.8 Å². The molecule has 2 rings (SSSR count). The molecule has 0 saturated carbocycles. The second kappa shape index (κ2) is 5.78. The van der Waals surface area contributed by atoms with Gasteiger partial charge in [0.25, 0.3) is 0 Å². The number of fused-ring (bicyclic) bond motifs is 1. The summed E-state index contributed by atoms with van der Waals surface area (Å²) >= 11 is 5.81. The Hall–Kier alpha value is -1.29. The van der Waals surface area contributed by atoms with Crippen LogP contribution >= 0.6 is 11.6 Å². The Morgan fingerprint density at radius 1 is 1.42 bits per heavy atom. The minimum atomic E-state index is -0.387. The van der Waals surface area contributed by atoms with Crippen LogP contribution in [0.25, 0.3) is 11.0 Å². The summed E-state index contributed by atoms with van der Waals surface area (Å²) in [7, 11) is 1.47. The molecule has 0 spiro atoms. The second-order valence-electron chi connectivity index (χ2n) is 4.95. The number of aryl methyl sites for hydroxylation is 1. The van der Waals surface area contributed by atoms with Crippen molar-refractivity contribution in [1.82, 2.24) is 9.55 Å². The van der Waals surface area contributed by atoms with E-state index in [0.717, 1.165) is 17.9 Å². The number of aromatic nitrogens is 2. The van der Waals surface area contributed by atoms with Gasteiger partial charge in [-0.3, -0.25) is 0 Å². The summed E-state index contributed by atoms with van der Waals surface area (Å²) in [5.41, 5.74) is 1.55. The van der Waals surface area contributed by atoms with E-state index in [-0.39, 0.29) is 11.6 Å². The van der Waals surface area contributed by atoms with E-state index in [1.807, 2.05) is 0 Å². The van der Waals surface area contributed by atoms with Crippen LogP contribution in [-0.2, 0) is 13.0 Å². The van der Waals surface area contributed by atoms with Crippen molar-refractivity contribution in [3.8, 4) is 5.75 Å². The number of halogens is 2. The third-order valence-electron chi connectivity index (χ3n) is 2.97. The van der Waals surface area contributed by atoms with Gasteiger partial charge in [0.1, 0.15) is 5.82 Å². The molecule has 1 heterocycles. The fourth-order valence-corrected chi connectivity index (χ4v) is 2.35. The molecule has 1 aromatic heterocycles. The second-order valence-corrected chi connectivity index (χ2v) is 5.32. The lowest BCUT2D eigenvalue weighted by Crippen LogP contribution is -2.09. The van der Waals surface area contributed by atoms with Gasteiger partial charge in [-0.2, -0.15) is 0 Å². The summed E-state index contributed by atoms with van der Waals surface area (Å²) in [4.78, 5) is 4.47. The molecule has 0 radical (unpaired) electrons. The Kier molecular flexibility index (Phi) is 4.30. The summed E-state index contributed by atoms with van der Waals surface area (Å²) in [6, 6.07) is 3.13. The Morgan fingerprint density at radius 3 is 2.74 bits per heavy atom. The molecule has 0 fully saturated rings. The lowest BCUT2D eigenvalue weighted by Gasteiger charge is -2.11. The fraction of sp³-hybridized carbons (Fsp3) is 0.500. The Bertz CT molecular complexity index is 580. The van der Waals surface area contributed by atoms with Crippen LogP contribution in [0.2, 0.25) is 0 Å². The molecular formula is C14H18ClFN2O. The molecule has 0 N–H and O–H groups in total. The van der Waals surface area contributed by atoms with Gasteiger partial charge in [0.15, 0.2) is 11.6 Å². The topological polar surface area (TPSA) is 27.1 Å². The van der Waals surface area contributed by atoms with Gasteiger partial charge >= 0.3 is 0 Å². The third-order valence-corrected chi connectivity index (χ3v) is 3.16. The van der Waals surface area contributed by atoms with E-state index in [2.05, 4.69) is 23.4 Å². The van der Waals surface area contributed by atoms with Gasteiger partial charge in [-0.05, 0) is 5.92 Å². The molecule has 0 unspecified atom stereocenters. The number of methoxy groups -OCH3 is 1. The van der Waals surface area contributed by atoms with Gasteiger partial charge < -0.3 is 9.30 Å². The van der Waals surface area contributed by atoms with E-state index in [1.165, 1.54) is 13.2 Å². The normalized spacial score (nSPS) is 11.5.